The number of fused-ring (bicyclic) bond motifs is 1. The molecular formula is C19H30N2. The average molecular weight is 286 g/mol. The van der Waals surface area contributed by atoms with Crippen LogP contribution in [-0.2, 0) is 0 Å². The number of nitrogens with one attached hydrogen (secondary N) is 1. The Balaban J connectivity index is 1.59. The maximum absolute atomic E-state index is 4.07. The highest BCUT2D eigenvalue weighted by Gasteiger charge is 2.48. The second kappa shape index (κ2) is 5.64. The predicted octanol–water partition coefficient (Wildman–Crippen LogP) is 3.59. The summed E-state index contributed by atoms with van der Waals surface area (Å²) in [7, 11) is 0. The summed E-state index contributed by atoms with van der Waals surface area (Å²) in [5.74, 6) is 2.27. The Bertz CT molecular complexity index is 452. The van der Waals surface area contributed by atoms with E-state index in [0.717, 1.165) is 24.8 Å². The van der Waals surface area contributed by atoms with E-state index < -0.39 is 0 Å². The lowest BCUT2D eigenvalue weighted by molar-refractivity contribution is 0.246. The van der Waals surface area contributed by atoms with E-state index in [1.165, 1.54) is 31.6 Å². The molecule has 0 aromatic carbocycles. The van der Waals surface area contributed by atoms with Gasteiger partial charge in [0, 0.05) is 37.3 Å². The SMILES string of the molecule is C=CC1CC=C(C(C=C)CN2CC3CC(C)CC3(C)C2)N1. The Labute approximate surface area is 130 Å². The van der Waals surface area contributed by atoms with Gasteiger partial charge in [0.25, 0.3) is 0 Å². The molecule has 1 N–H and O–H groups in total. The lowest BCUT2D eigenvalue weighted by atomic mass is 9.83. The van der Waals surface area contributed by atoms with E-state index in [9.17, 15) is 0 Å². The zero-order valence-corrected chi connectivity index (χ0v) is 13.6. The molecule has 0 spiro atoms. The third-order valence-corrected chi connectivity index (χ3v) is 5.92. The fourth-order valence-electron chi connectivity index (χ4n) is 4.91. The molecule has 2 heteroatoms. The van der Waals surface area contributed by atoms with Crippen molar-refractivity contribution in [3.05, 3.63) is 37.1 Å². The highest BCUT2D eigenvalue weighted by molar-refractivity contribution is 5.20. The molecule has 2 aliphatic heterocycles. The van der Waals surface area contributed by atoms with E-state index in [1.807, 2.05) is 6.08 Å². The first-order valence-electron chi connectivity index (χ1n) is 8.48. The number of likely N-dealkylation sites (tertiary alicyclic amines) is 1. The predicted molar refractivity (Wildman–Crippen MR) is 89.9 cm³/mol. The van der Waals surface area contributed by atoms with Crippen LogP contribution in [0.1, 0.15) is 33.1 Å². The molecule has 2 nitrogen and oxygen atoms in total. The van der Waals surface area contributed by atoms with E-state index in [-0.39, 0.29) is 0 Å². The third kappa shape index (κ3) is 2.83. The maximum atomic E-state index is 4.07. The number of hydrogen-bond donors (Lipinski definition) is 1. The van der Waals surface area contributed by atoms with Crippen LogP contribution in [0.25, 0.3) is 0 Å². The molecule has 2 heterocycles. The summed E-state index contributed by atoms with van der Waals surface area (Å²) in [6, 6.07) is 0.416. The Morgan fingerprint density at radius 3 is 2.95 bits per heavy atom. The molecule has 0 bridgehead atoms. The molecule has 5 atom stereocenters. The Morgan fingerprint density at radius 2 is 2.33 bits per heavy atom. The summed E-state index contributed by atoms with van der Waals surface area (Å²) in [6.45, 7) is 16.5. The fraction of sp³-hybridized carbons (Fsp3) is 0.684. The van der Waals surface area contributed by atoms with Gasteiger partial charge in [-0.05, 0) is 36.5 Å². The van der Waals surface area contributed by atoms with Gasteiger partial charge >= 0.3 is 0 Å². The number of nitrogens with zero attached hydrogens (tertiary/aromatic N) is 1. The highest BCUT2D eigenvalue weighted by Crippen LogP contribution is 2.50. The van der Waals surface area contributed by atoms with Crippen LogP contribution in [0.5, 0.6) is 0 Å². The lowest BCUT2D eigenvalue weighted by Gasteiger charge is -2.26. The van der Waals surface area contributed by atoms with Crippen molar-refractivity contribution in [2.24, 2.45) is 23.2 Å². The molecule has 0 radical (unpaired) electrons. The van der Waals surface area contributed by atoms with Crippen molar-refractivity contribution < 1.29 is 0 Å². The van der Waals surface area contributed by atoms with Crippen molar-refractivity contribution in [1.29, 1.82) is 0 Å². The number of rotatable bonds is 5. The molecule has 5 unspecified atom stereocenters. The first kappa shape index (κ1) is 14.9. The standard InChI is InChI=1S/C19H30N2/c1-5-15(18-8-7-17(6-2)20-18)11-21-12-16-9-14(3)10-19(16,4)13-21/h5-6,8,14-17,20H,1-2,7,9-13H2,3-4H3. The molecule has 1 aliphatic carbocycles. The summed E-state index contributed by atoms with van der Waals surface area (Å²) < 4.78 is 0. The zero-order chi connectivity index (χ0) is 15.0. The van der Waals surface area contributed by atoms with Crippen molar-refractivity contribution in [3.63, 3.8) is 0 Å². The summed E-state index contributed by atoms with van der Waals surface area (Å²) in [5, 5.41) is 3.58. The molecule has 1 saturated heterocycles. The molecule has 0 aromatic heterocycles. The van der Waals surface area contributed by atoms with E-state index in [4.69, 9.17) is 0 Å². The van der Waals surface area contributed by atoms with Gasteiger partial charge in [0.2, 0.25) is 0 Å². The van der Waals surface area contributed by atoms with Crippen LogP contribution in [0.3, 0.4) is 0 Å². The minimum Gasteiger partial charge on any atom is -0.382 e. The van der Waals surface area contributed by atoms with Crippen molar-refractivity contribution in [1.82, 2.24) is 10.2 Å². The minimum atomic E-state index is 0.416. The molecule has 2 fully saturated rings. The van der Waals surface area contributed by atoms with Crippen molar-refractivity contribution in [2.45, 2.75) is 39.2 Å². The largest absolute Gasteiger partial charge is 0.382 e. The molecule has 1 saturated carbocycles. The normalized spacial score (nSPS) is 40.5. The van der Waals surface area contributed by atoms with Crippen molar-refractivity contribution >= 4 is 0 Å². The summed E-state index contributed by atoms with van der Waals surface area (Å²) in [5.41, 5.74) is 1.91. The van der Waals surface area contributed by atoms with Gasteiger partial charge in [-0.25, -0.2) is 0 Å². The molecule has 0 aromatic rings. The third-order valence-electron chi connectivity index (χ3n) is 5.92. The van der Waals surface area contributed by atoms with Gasteiger partial charge in [0.15, 0.2) is 0 Å². The first-order valence-corrected chi connectivity index (χ1v) is 8.48. The van der Waals surface area contributed by atoms with Gasteiger partial charge in [-0.15, -0.1) is 13.2 Å². The van der Waals surface area contributed by atoms with E-state index in [0.29, 0.717) is 17.4 Å². The van der Waals surface area contributed by atoms with Crippen LogP contribution in [0.4, 0.5) is 0 Å². The second-order valence-corrected chi connectivity index (χ2v) is 7.81. The lowest BCUT2D eigenvalue weighted by Crippen LogP contribution is -2.33. The van der Waals surface area contributed by atoms with Crippen molar-refractivity contribution in [2.75, 3.05) is 19.6 Å². The second-order valence-electron chi connectivity index (χ2n) is 7.81. The number of hydrogen-bond acceptors (Lipinski definition) is 2. The maximum Gasteiger partial charge on any atom is 0.0474 e. The van der Waals surface area contributed by atoms with E-state index in [1.54, 1.807) is 0 Å². The van der Waals surface area contributed by atoms with E-state index >= 15 is 0 Å². The van der Waals surface area contributed by atoms with Crippen LogP contribution in [0, 0.1) is 23.2 Å². The smallest absolute Gasteiger partial charge is 0.0474 e. The van der Waals surface area contributed by atoms with Gasteiger partial charge in [0.05, 0.1) is 0 Å². The van der Waals surface area contributed by atoms with Crippen LogP contribution in [-0.4, -0.2) is 30.6 Å². The van der Waals surface area contributed by atoms with Crippen LogP contribution in [0.2, 0.25) is 0 Å². The van der Waals surface area contributed by atoms with Crippen LogP contribution < -0.4 is 5.32 Å². The molecule has 116 valence electrons. The minimum absolute atomic E-state index is 0.416. The van der Waals surface area contributed by atoms with Crippen molar-refractivity contribution in [3.8, 4) is 0 Å². The van der Waals surface area contributed by atoms with Crippen LogP contribution >= 0.6 is 0 Å². The van der Waals surface area contributed by atoms with Gasteiger partial charge in [-0.3, -0.25) is 0 Å². The Hall–Kier alpha value is -1.02. The molecule has 0 amide bonds. The summed E-state index contributed by atoms with van der Waals surface area (Å²) in [4.78, 5) is 2.67. The zero-order valence-electron chi connectivity index (χ0n) is 13.6. The monoisotopic (exact) mass is 286 g/mol. The summed E-state index contributed by atoms with van der Waals surface area (Å²) in [6.07, 6.45) is 10.4. The fourth-order valence-corrected chi connectivity index (χ4v) is 4.91. The molecule has 3 aliphatic rings. The van der Waals surface area contributed by atoms with Gasteiger partial charge in [-0.1, -0.05) is 32.1 Å². The molecular weight excluding hydrogens is 256 g/mol. The first-order chi connectivity index (χ1) is 10.0. The van der Waals surface area contributed by atoms with Gasteiger partial charge < -0.3 is 10.2 Å². The van der Waals surface area contributed by atoms with Crippen LogP contribution in [0.15, 0.2) is 37.1 Å². The molecule has 3 rings (SSSR count). The van der Waals surface area contributed by atoms with Gasteiger partial charge in [-0.2, -0.15) is 0 Å². The van der Waals surface area contributed by atoms with Gasteiger partial charge in [0.1, 0.15) is 0 Å². The highest BCUT2D eigenvalue weighted by atomic mass is 15.2. The molecule has 21 heavy (non-hydrogen) atoms. The quantitative estimate of drug-likeness (QED) is 0.777. The van der Waals surface area contributed by atoms with E-state index in [2.05, 4.69) is 49.4 Å². The topological polar surface area (TPSA) is 15.3 Å². The Morgan fingerprint density at radius 1 is 1.52 bits per heavy atom. The summed E-state index contributed by atoms with van der Waals surface area (Å²) >= 11 is 0. The Kier molecular flexibility index (Phi) is 4.00. The average Bonchev–Trinajstić information content (AvgIpc) is 3.07.